The molecule has 2 aliphatic rings. The predicted octanol–water partition coefficient (Wildman–Crippen LogP) is 1.35. The molecule has 1 aromatic rings. The van der Waals surface area contributed by atoms with Crippen LogP contribution >= 0.6 is 0 Å². The fourth-order valence-electron chi connectivity index (χ4n) is 2.73. The standard InChI is InChI=1S/C11H15N3O/c1-6-12-13-11(14(6)2)10(15)9-4-7-3-8(7)5-9/h7-9H,3-5H2,1-2H3. The minimum absolute atomic E-state index is 0.199. The van der Waals surface area contributed by atoms with Gasteiger partial charge in [-0.1, -0.05) is 0 Å². The highest BCUT2D eigenvalue weighted by atomic mass is 16.1. The molecule has 1 aromatic heterocycles. The molecule has 0 radical (unpaired) electrons. The Balaban J connectivity index is 1.82. The Kier molecular flexibility index (Phi) is 1.75. The molecule has 2 aliphatic carbocycles. The lowest BCUT2D eigenvalue weighted by atomic mass is 9.98. The van der Waals surface area contributed by atoms with Crippen molar-refractivity contribution in [3.63, 3.8) is 0 Å². The van der Waals surface area contributed by atoms with Gasteiger partial charge in [0.25, 0.3) is 0 Å². The van der Waals surface area contributed by atoms with Crippen molar-refractivity contribution < 1.29 is 4.79 Å². The molecule has 80 valence electrons. The number of hydrogen-bond donors (Lipinski definition) is 0. The molecule has 2 fully saturated rings. The van der Waals surface area contributed by atoms with Gasteiger partial charge in [0, 0.05) is 13.0 Å². The molecule has 4 heteroatoms. The van der Waals surface area contributed by atoms with Crippen LogP contribution in [0.2, 0.25) is 0 Å². The minimum atomic E-state index is 0.199. The van der Waals surface area contributed by atoms with Gasteiger partial charge in [-0.05, 0) is 38.0 Å². The normalized spacial score (nSPS) is 32.8. The second-order valence-corrected chi connectivity index (χ2v) is 4.92. The van der Waals surface area contributed by atoms with Crippen LogP contribution in [0.5, 0.6) is 0 Å². The van der Waals surface area contributed by atoms with Crippen LogP contribution in [0.15, 0.2) is 0 Å². The smallest absolute Gasteiger partial charge is 0.203 e. The van der Waals surface area contributed by atoms with E-state index in [4.69, 9.17) is 0 Å². The summed E-state index contributed by atoms with van der Waals surface area (Å²) in [5.41, 5.74) is 0. The van der Waals surface area contributed by atoms with E-state index in [1.807, 2.05) is 14.0 Å². The van der Waals surface area contributed by atoms with Crippen LogP contribution in [0.4, 0.5) is 0 Å². The molecule has 1 heterocycles. The van der Waals surface area contributed by atoms with Crippen LogP contribution in [-0.2, 0) is 7.05 Å². The highest BCUT2D eigenvalue weighted by Gasteiger charge is 2.48. The average molecular weight is 205 g/mol. The largest absolute Gasteiger partial charge is 0.312 e. The van der Waals surface area contributed by atoms with E-state index in [0.29, 0.717) is 5.82 Å². The predicted molar refractivity (Wildman–Crippen MR) is 54.4 cm³/mol. The Morgan fingerprint density at radius 3 is 2.47 bits per heavy atom. The van der Waals surface area contributed by atoms with Gasteiger partial charge in [0.1, 0.15) is 5.82 Å². The SMILES string of the molecule is Cc1nnc(C(=O)C2CC3CC3C2)n1C. The first-order valence-corrected chi connectivity index (χ1v) is 5.57. The highest BCUT2D eigenvalue weighted by Crippen LogP contribution is 2.54. The van der Waals surface area contributed by atoms with E-state index >= 15 is 0 Å². The molecule has 0 aromatic carbocycles. The van der Waals surface area contributed by atoms with E-state index in [1.54, 1.807) is 4.57 Å². The molecule has 4 nitrogen and oxygen atoms in total. The molecule has 0 bridgehead atoms. The van der Waals surface area contributed by atoms with Crippen molar-refractivity contribution in [1.29, 1.82) is 0 Å². The number of ketones is 1. The molecule has 0 N–H and O–H groups in total. The number of fused-ring (bicyclic) bond motifs is 1. The molecule has 0 spiro atoms. The number of aromatic nitrogens is 3. The summed E-state index contributed by atoms with van der Waals surface area (Å²) >= 11 is 0. The summed E-state index contributed by atoms with van der Waals surface area (Å²) in [7, 11) is 1.86. The number of carbonyl (C=O) groups excluding carboxylic acids is 1. The van der Waals surface area contributed by atoms with Gasteiger partial charge in [0.15, 0.2) is 5.82 Å². The molecule has 2 atom stereocenters. The molecule has 2 unspecified atom stereocenters. The van der Waals surface area contributed by atoms with Gasteiger partial charge in [0.2, 0.25) is 5.78 Å². The number of aryl methyl sites for hydroxylation is 1. The monoisotopic (exact) mass is 205 g/mol. The molecule has 0 saturated heterocycles. The van der Waals surface area contributed by atoms with E-state index in [1.165, 1.54) is 6.42 Å². The third kappa shape index (κ3) is 1.31. The van der Waals surface area contributed by atoms with Gasteiger partial charge < -0.3 is 4.57 Å². The molecule has 2 saturated carbocycles. The van der Waals surface area contributed by atoms with Crippen LogP contribution in [0.25, 0.3) is 0 Å². The van der Waals surface area contributed by atoms with Crippen LogP contribution in [0, 0.1) is 24.7 Å². The lowest BCUT2D eigenvalue weighted by Crippen LogP contribution is -2.17. The zero-order valence-electron chi connectivity index (χ0n) is 9.10. The minimum Gasteiger partial charge on any atom is -0.312 e. The second kappa shape index (κ2) is 2.90. The van der Waals surface area contributed by atoms with Crippen molar-refractivity contribution in [2.24, 2.45) is 24.8 Å². The maximum atomic E-state index is 12.1. The Hall–Kier alpha value is -1.19. The van der Waals surface area contributed by atoms with Crippen molar-refractivity contribution in [3.8, 4) is 0 Å². The second-order valence-electron chi connectivity index (χ2n) is 4.92. The van der Waals surface area contributed by atoms with Crippen molar-refractivity contribution in [3.05, 3.63) is 11.6 Å². The van der Waals surface area contributed by atoms with Gasteiger partial charge in [-0.2, -0.15) is 0 Å². The Labute approximate surface area is 88.7 Å². The van der Waals surface area contributed by atoms with Crippen LogP contribution < -0.4 is 0 Å². The summed E-state index contributed by atoms with van der Waals surface area (Å²) < 4.78 is 1.80. The van der Waals surface area contributed by atoms with E-state index < -0.39 is 0 Å². The van der Waals surface area contributed by atoms with E-state index in [9.17, 15) is 4.79 Å². The van der Waals surface area contributed by atoms with E-state index in [2.05, 4.69) is 10.2 Å². The first-order chi connectivity index (χ1) is 7.16. The zero-order valence-corrected chi connectivity index (χ0v) is 9.10. The van der Waals surface area contributed by atoms with Gasteiger partial charge in [0.05, 0.1) is 0 Å². The van der Waals surface area contributed by atoms with Crippen molar-refractivity contribution in [2.45, 2.75) is 26.2 Å². The quantitative estimate of drug-likeness (QED) is 0.685. The van der Waals surface area contributed by atoms with Crippen molar-refractivity contribution in [2.75, 3.05) is 0 Å². The van der Waals surface area contributed by atoms with Gasteiger partial charge >= 0.3 is 0 Å². The molecule has 0 aliphatic heterocycles. The zero-order chi connectivity index (χ0) is 10.6. The number of Topliss-reactive ketones (excluding diaryl/α,β-unsaturated/α-hetero) is 1. The summed E-state index contributed by atoms with van der Waals surface area (Å²) in [4.78, 5) is 12.1. The molecular weight excluding hydrogens is 190 g/mol. The topological polar surface area (TPSA) is 47.8 Å². The third-order valence-corrected chi connectivity index (χ3v) is 3.93. The van der Waals surface area contributed by atoms with Crippen LogP contribution in [-0.4, -0.2) is 20.5 Å². The summed E-state index contributed by atoms with van der Waals surface area (Å²) in [5.74, 6) is 3.45. The fraction of sp³-hybridized carbons (Fsp3) is 0.727. The summed E-state index contributed by atoms with van der Waals surface area (Å²) in [6.45, 7) is 1.87. The molecule has 15 heavy (non-hydrogen) atoms. The van der Waals surface area contributed by atoms with Gasteiger partial charge in [-0.15, -0.1) is 10.2 Å². The van der Waals surface area contributed by atoms with E-state index in [-0.39, 0.29) is 11.7 Å². The number of nitrogens with zero attached hydrogens (tertiary/aromatic N) is 3. The lowest BCUT2D eigenvalue weighted by Gasteiger charge is -2.09. The number of carbonyl (C=O) groups is 1. The molecule has 3 rings (SSSR count). The number of rotatable bonds is 2. The first-order valence-electron chi connectivity index (χ1n) is 5.57. The lowest BCUT2D eigenvalue weighted by molar-refractivity contribution is 0.0900. The maximum absolute atomic E-state index is 12.1. The number of hydrogen-bond acceptors (Lipinski definition) is 3. The highest BCUT2D eigenvalue weighted by molar-refractivity contribution is 5.95. The summed E-state index contributed by atoms with van der Waals surface area (Å²) in [6, 6.07) is 0. The fourth-order valence-corrected chi connectivity index (χ4v) is 2.73. The van der Waals surface area contributed by atoms with Crippen molar-refractivity contribution >= 4 is 5.78 Å². The maximum Gasteiger partial charge on any atom is 0.203 e. The average Bonchev–Trinajstić information content (AvgIpc) is 2.69. The first kappa shape index (κ1) is 9.07. The van der Waals surface area contributed by atoms with Crippen molar-refractivity contribution in [1.82, 2.24) is 14.8 Å². The van der Waals surface area contributed by atoms with Crippen LogP contribution in [0.1, 0.15) is 35.7 Å². The van der Waals surface area contributed by atoms with E-state index in [0.717, 1.165) is 30.5 Å². The summed E-state index contributed by atoms with van der Waals surface area (Å²) in [6.07, 6.45) is 3.51. The Morgan fingerprint density at radius 1 is 1.27 bits per heavy atom. The summed E-state index contributed by atoms with van der Waals surface area (Å²) in [5, 5.41) is 7.89. The third-order valence-electron chi connectivity index (χ3n) is 3.93. The molecular formula is C11H15N3O. The Bertz CT molecular complexity index is 413. The van der Waals surface area contributed by atoms with Gasteiger partial charge in [-0.3, -0.25) is 4.79 Å². The molecule has 0 amide bonds. The van der Waals surface area contributed by atoms with Gasteiger partial charge in [-0.25, -0.2) is 0 Å². The van der Waals surface area contributed by atoms with Crippen LogP contribution in [0.3, 0.4) is 0 Å². The Morgan fingerprint density at radius 2 is 1.93 bits per heavy atom.